The summed E-state index contributed by atoms with van der Waals surface area (Å²) in [4.78, 5) is 2.67. The summed E-state index contributed by atoms with van der Waals surface area (Å²) in [6.45, 7) is 16.6. The van der Waals surface area contributed by atoms with Gasteiger partial charge in [0.15, 0.2) is 5.71 Å². The number of fused-ring (bicyclic) bond motifs is 2. The molecule has 2 aromatic carbocycles. The van der Waals surface area contributed by atoms with Crippen LogP contribution in [0.15, 0.2) is 72.5 Å². The molecular formula is C63H105IN2. The summed E-state index contributed by atoms with van der Waals surface area (Å²) in [7, 11) is 0. The van der Waals surface area contributed by atoms with Gasteiger partial charge < -0.3 is 28.9 Å². The smallest absolute Gasteiger partial charge is 0.209 e. The highest BCUT2D eigenvalue weighted by molar-refractivity contribution is 6.03. The molecule has 374 valence electrons. The van der Waals surface area contributed by atoms with E-state index in [2.05, 4.69) is 118 Å². The average Bonchev–Trinajstić information content (AvgIpc) is 3.66. The lowest BCUT2D eigenvalue weighted by molar-refractivity contribution is -0.438. The number of rotatable bonds is 40. The molecule has 2 aliphatic rings. The maximum atomic E-state index is 2.67. The Labute approximate surface area is 428 Å². The molecule has 2 aliphatic heterocycles. The molecule has 4 rings (SSSR count). The van der Waals surface area contributed by atoms with E-state index in [-0.39, 0.29) is 34.8 Å². The van der Waals surface area contributed by atoms with E-state index in [1.54, 1.807) is 0 Å². The van der Waals surface area contributed by atoms with Crippen molar-refractivity contribution < 1.29 is 28.6 Å². The second kappa shape index (κ2) is 35.3. The van der Waals surface area contributed by atoms with Gasteiger partial charge in [-0.05, 0) is 44.4 Å². The molecule has 0 fully saturated rings. The van der Waals surface area contributed by atoms with Crippen molar-refractivity contribution in [1.82, 2.24) is 0 Å². The summed E-state index contributed by atoms with van der Waals surface area (Å²) in [6.07, 6.45) is 58.5. The van der Waals surface area contributed by atoms with Gasteiger partial charge in [-0.3, -0.25) is 0 Å². The fourth-order valence-electron chi connectivity index (χ4n) is 11.3. The summed E-state index contributed by atoms with van der Waals surface area (Å²) in [5, 5.41) is 0. The largest absolute Gasteiger partial charge is 1.00 e. The number of halogens is 1. The summed E-state index contributed by atoms with van der Waals surface area (Å²) in [5.41, 5.74) is 8.65. The molecule has 0 N–H and O–H groups in total. The standard InChI is InChI=1S/C63H105N2.HI/c1-7-9-11-13-15-17-19-21-23-25-27-29-31-33-35-37-39-45-54-64-58-50-43-41-48-56(58)62(3,4)60(64)52-47-53-61-63(5,6)57-49-42-44-51-59(57)65(61)55-46-40-38-36-34-32-30-28-26-24-22-20-18-16-14-12-10-8-2;/h41-44,47-53H,7-40,45-46,54-55H2,1-6H3;1H/q+1;/p-1. The second-order valence-corrected chi connectivity index (χ2v) is 21.9. The number of benzene rings is 2. The molecule has 0 radical (unpaired) electrons. The highest BCUT2D eigenvalue weighted by Gasteiger charge is 2.44. The van der Waals surface area contributed by atoms with Crippen molar-refractivity contribution >= 4 is 17.1 Å². The first-order chi connectivity index (χ1) is 31.8. The molecule has 2 heterocycles. The topological polar surface area (TPSA) is 6.25 Å². The molecule has 0 saturated carbocycles. The zero-order valence-corrected chi connectivity index (χ0v) is 46.7. The average molecular weight is 1020 g/mol. The maximum absolute atomic E-state index is 2.67. The quantitative estimate of drug-likeness (QED) is 0.0366. The molecule has 0 unspecified atom stereocenters. The molecule has 2 nitrogen and oxygen atoms in total. The Hall–Kier alpha value is -1.88. The van der Waals surface area contributed by atoms with E-state index in [1.807, 2.05) is 0 Å². The molecule has 0 saturated heterocycles. The normalized spacial score (nSPS) is 15.6. The van der Waals surface area contributed by atoms with Gasteiger partial charge in [-0.25, -0.2) is 0 Å². The van der Waals surface area contributed by atoms with Crippen LogP contribution in [0.5, 0.6) is 0 Å². The second-order valence-electron chi connectivity index (χ2n) is 21.9. The lowest BCUT2D eigenvalue weighted by Gasteiger charge is -2.27. The Morgan fingerprint density at radius 1 is 0.424 bits per heavy atom. The Bertz CT molecular complexity index is 1630. The summed E-state index contributed by atoms with van der Waals surface area (Å²) < 4.78 is 2.67. The zero-order valence-electron chi connectivity index (χ0n) is 44.5. The minimum Gasteiger partial charge on any atom is -1.00 e. The van der Waals surface area contributed by atoms with Gasteiger partial charge in [-0.1, -0.05) is 282 Å². The minimum atomic E-state index is -0.0133. The molecule has 0 bridgehead atoms. The highest BCUT2D eigenvalue weighted by atomic mass is 127. The Kier molecular flexibility index (Phi) is 31.2. The third kappa shape index (κ3) is 20.6. The van der Waals surface area contributed by atoms with Crippen LogP contribution in [0.1, 0.15) is 284 Å². The van der Waals surface area contributed by atoms with E-state index >= 15 is 0 Å². The van der Waals surface area contributed by atoms with Crippen LogP contribution in [0.25, 0.3) is 0 Å². The maximum Gasteiger partial charge on any atom is 0.209 e. The molecule has 0 spiro atoms. The van der Waals surface area contributed by atoms with Crippen LogP contribution in [0.2, 0.25) is 0 Å². The van der Waals surface area contributed by atoms with Crippen molar-refractivity contribution in [2.75, 3.05) is 18.0 Å². The first kappa shape index (κ1) is 58.4. The van der Waals surface area contributed by atoms with Gasteiger partial charge in [0, 0.05) is 47.5 Å². The Balaban J connectivity index is 0.0000116. The van der Waals surface area contributed by atoms with Crippen molar-refractivity contribution in [3.8, 4) is 0 Å². The van der Waals surface area contributed by atoms with Crippen LogP contribution in [-0.2, 0) is 10.8 Å². The van der Waals surface area contributed by atoms with Crippen molar-refractivity contribution in [2.45, 2.75) is 284 Å². The monoisotopic (exact) mass is 1020 g/mol. The lowest BCUT2D eigenvalue weighted by atomic mass is 9.81. The third-order valence-electron chi connectivity index (χ3n) is 15.6. The predicted octanol–water partition coefficient (Wildman–Crippen LogP) is 17.4. The van der Waals surface area contributed by atoms with Crippen LogP contribution in [0.4, 0.5) is 11.4 Å². The fourth-order valence-corrected chi connectivity index (χ4v) is 11.3. The van der Waals surface area contributed by atoms with Gasteiger partial charge in [0.2, 0.25) is 5.69 Å². The van der Waals surface area contributed by atoms with Crippen molar-refractivity contribution in [1.29, 1.82) is 0 Å². The van der Waals surface area contributed by atoms with Gasteiger partial charge in [-0.2, -0.15) is 4.58 Å². The van der Waals surface area contributed by atoms with Crippen LogP contribution in [0, 0.1) is 0 Å². The number of hydrogen-bond acceptors (Lipinski definition) is 1. The first-order valence-corrected chi connectivity index (χ1v) is 28.8. The summed E-state index contributed by atoms with van der Waals surface area (Å²) in [5.74, 6) is 0. The molecular weight excluding hydrogens is 912 g/mol. The van der Waals surface area contributed by atoms with Crippen LogP contribution in [-0.4, -0.2) is 23.4 Å². The van der Waals surface area contributed by atoms with Crippen molar-refractivity contribution in [3.05, 3.63) is 83.6 Å². The van der Waals surface area contributed by atoms with E-state index < -0.39 is 0 Å². The van der Waals surface area contributed by atoms with Gasteiger partial charge in [0.05, 0.1) is 5.41 Å². The molecule has 2 aromatic rings. The molecule has 3 heteroatoms. The summed E-state index contributed by atoms with van der Waals surface area (Å²) in [6, 6.07) is 18.4. The van der Waals surface area contributed by atoms with Gasteiger partial charge >= 0.3 is 0 Å². The molecule has 0 amide bonds. The highest BCUT2D eigenvalue weighted by Crippen LogP contribution is 2.48. The molecule has 0 atom stereocenters. The number of nitrogens with zero attached hydrogens (tertiary/aromatic N) is 2. The first-order valence-electron chi connectivity index (χ1n) is 28.8. The van der Waals surface area contributed by atoms with E-state index in [9.17, 15) is 0 Å². The predicted molar refractivity (Wildman–Crippen MR) is 291 cm³/mol. The Morgan fingerprint density at radius 3 is 1.23 bits per heavy atom. The third-order valence-corrected chi connectivity index (χ3v) is 15.6. The van der Waals surface area contributed by atoms with Gasteiger partial charge in [0.25, 0.3) is 0 Å². The number of anilines is 1. The van der Waals surface area contributed by atoms with Gasteiger partial charge in [-0.15, -0.1) is 0 Å². The molecule has 66 heavy (non-hydrogen) atoms. The lowest BCUT2D eigenvalue weighted by Crippen LogP contribution is -3.00. The minimum absolute atomic E-state index is 0. The van der Waals surface area contributed by atoms with E-state index in [0.29, 0.717) is 0 Å². The van der Waals surface area contributed by atoms with Gasteiger partial charge in [0.1, 0.15) is 6.54 Å². The number of para-hydroxylation sites is 2. The van der Waals surface area contributed by atoms with Crippen LogP contribution >= 0.6 is 0 Å². The molecule has 0 aromatic heterocycles. The zero-order chi connectivity index (χ0) is 46.3. The SMILES string of the molecule is CCCCCCCCCCCCCCCCCCCCN1C(=C/C=C/C2=[N+](CCCCCCCCCCCCCCCCCCCC)c3ccccc3C2(C)C)C(C)(C)c2ccccc21.[I-]. The Morgan fingerprint density at radius 2 is 0.788 bits per heavy atom. The van der Waals surface area contributed by atoms with E-state index in [0.717, 1.165) is 13.1 Å². The number of unbranched alkanes of at least 4 members (excludes halogenated alkanes) is 34. The van der Waals surface area contributed by atoms with Crippen molar-refractivity contribution in [2.24, 2.45) is 0 Å². The number of hydrogen-bond donors (Lipinski definition) is 0. The van der Waals surface area contributed by atoms with E-state index in [4.69, 9.17) is 0 Å². The van der Waals surface area contributed by atoms with Crippen molar-refractivity contribution in [3.63, 3.8) is 0 Å². The molecule has 0 aliphatic carbocycles. The van der Waals surface area contributed by atoms with E-state index in [1.165, 1.54) is 265 Å². The number of allylic oxidation sites excluding steroid dienone is 4. The fraction of sp³-hybridized carbons (Fsp3) is 0.730. The van der Waals surface area contributed by atoms with Crippen LogP contribution in [0.3, 0.4) is 0 Å². The van der Waals surface area contributed by atoms with Crippen LogP contribution < -0.4 is 28.9 Å². The summed E-state index contributed by atoms with van der Waals surface area (Å²) >= 11 is 0.